The van der Waals surface area contributed by atoms with Crippen molar-refractivity contribution in [3.63, 3.8) is 0 Å². The highest BCUT2D eigenvalue weighted by Gasteiger charge is 2.22. The molecule has 2 N–H and O–H groups in total. The van der Waals surface area contributed by atoms with Gasteiger partial charge >= 0.3 is 0 Å². The number of thioether (sulfide) groups is 1. The third-order valence-corrected chi connectivity index (χ3v) is 4.22. The summed E-state index contributed by atoms with van der Waals surface area (Å²) in [5.41, 5.74) is 8.52. The number of methoxy groups -OCH3 is 1. The molecule has 0 aliphatic carbocycles. The minimum atomic E-state index is 0.0937. The second-order valence-electron chi connectivity index (χ2n) is 3.26. The maximum Gasteiger partial charge on any atom is 0.124 e. The van der Waals surface area contributed by atoms with Crippen molar-refractivity contribution < 1.29 is 4.74 Å². The third kappa shape index (κ3) is 1.66. The van der Waals surface area contributed by atoms with Crippen LogP contribution in [0.3, 0.4) is 0 Å². The zero-order valence-corrected chi connectivity index (χ0v) is 10.3. The van der Waals surface area contributed by atoms with E-state index in [-0.39, 0.29) is 6.04 Å². The van der Waals surface area contributed by atoms with Crippen LogP contribution in [-0.2, 0) is 5.75 Å². The predicted molar refractivity (Wildman–Crippen MR) is 63.8 cm³/mol. The average Bonchev–Trinajstić information content (AvgIpc) is 2.20. The van der Waals surface area contributed by atoms with E-state index in [2.05, 4.69) is 15.9 Å². The summed E-state index contributed by atoms with van der Waals surface area (Å²) in [4.78, 5) is 0. The van der Waals surface area contributed by atoms with Crippen LogP contribution in [0.2, 0.25) is 0 Å². The van der Waals surface area contributed by atoms with Crippen LogP contribution in [0.25, 0.3) is 0 Å². The summed E-state index contributed by atoms with van der Waals surface area (Å²) in [6.07, 6.45) is 0. The zero-order chi connectivity index (χ0) is 10.1. The lowest BCUT2D eigenvalue weighted by atomic mass is 10.0. The molecule has 14 heavy (non-hydrogen) atoms. The van der Waals surface area contributed by atoms with Gasteiger partial charge in [0.05, 0.1) is 7.11 Å². The zero-order valence-electron chi connectivity index (χ0n) is 7.92. The first-order valence-corrected chi connectivity index (χ1v) is 6.37. The topological polar surface area (TPSA) is 35.2 Å². The summed E-state index contributed by atoms with van der Waals surface area (Å²) < 4.78 is 6.46. The number of hydrogen-bond donors (Lipinski definition) is 1. The first-order chi connectivity index (χ1) is 6.74. The number of halogens is 1. The van der Waals surface area contributed by atoms with E-state index < -0.39 is 0 Å². The van der Waals surface area contributed by atoms with E-state index >= 15 is 0 Å². The van der Waals surface area contributed by atoms with Crippen LogP contribution < -0.4 is 10.5 Å². The Hall–Kier alpha value is -0.190. The number of rotatable bonds is 1. The Kier molecular flexibility index (Phi) is 3.04. The number of ether oxygens (including phenoxy) is 1. The fraction of sp³-hybridized carbons (Fsp3) is 0.400. The Bertz CT molecular complexity index is 356. The fourth-order valence-corrected chi connectivity index (χ4v) is 3.44. The quantitative estimate of drug-likeness (QED) is 0.855. The summed E-state index contributed by atoms with van der Waals surface area (Å²) in [6, 6.07) is 4.09. The molecule has 0 saturated heterocycles. The minimum Gasteiger partial charge on any atom is -0.496 e. The van der Waals surface area contributed by atoms with Crippen molar-refractivity contribution in [2.75, 3.05) is 12.9 Å². The highest BCUT2D eigenvalue weighted by Crippen LogP contribution is 2.40. The molecule has 1 aromatic rings. The SMILES string of the molecule is COc1ccc(Br)c2c1[C@@H](N)CSC2. The number of hydrogen-bond acceptors (Lipinski definition) is 3. The van der Waals surface area contributed by atoms with Crippen molar-refractivity contribution in [3.8, 4) is 5.75 Å². The van der Waals surface area contributed by atoms with Crippen LogP contribution in [0.15, 0.2) is 16.6 Å². The lowest BCUT2D eigenvalue weighted by Gasteiger charge is -2.25. The Morgan fingerprint density at radius 3 is 3.07 bits per heavy atom. The van der Waals surface area contributed by atoms with Gasteiger partial charge in [-0.15, -0.1) is 0 Å². The minimum absolute atomic E-state index is 0.0937. The van der Waals surface area contributed by atoms with Crippen LogP contribution in [0, 0.1) is 0 Å². The van der Waals surface area contributed by atoms with E-state index in [9.17, 15) is 0 Å². The first kappa shape index (κ1) is 10.3. The lowest BCUT2D eigenvalue weighted by molar-refractivity contribution is 0.406. The molecule has 0 fully saturated rings. The summed E-state index contributed by atoms with van der Waals surface area (Å²) in [6.45, 7) is 0. The van der Waals surface area contributed by atoms with E-state index in [4.69, 9.17) is 10.5 Å². The Morgan fingerprint density at radius 1 is 1.57 bits per heavy atom. The van der Waals surface area contributed by atoms with Crippen molar-refractivity contribution in [1.82, 2.24) is 0 Å². The molecule has 1 atom stereocenters. The average molecular weight is 274 g/mol. The van der Waals surface area contributed by atoms with Crippen LogP contribution in [0.1, 0.15) is 17.2 Å². The number of nitrogens with two attached hydrogens (primary N) is 1. The van der Waals surface area contributed by atoms with Gasteiger partial charge in [0.25, 0.3) is 0 Å². The molecule has 0 amide bonds. The fourth-order valence-electron chi connectivity index (χ4n) is 1.72. The van der Waals surface area contributed by atoms with Gasteiger partial charge in [-0.25, -0.2) is 0 Å². The van der Waals surface area contributed by atoms with E-state index in [0.29, 0.717) is 0 Å². The number of fused-ring (bicyclic) bond motifs is 1. The van der Waals surface area contributed by atoms with Crippen LogP contribution >= 0.6 is 27.7 Å². The second-order valence-corrected chi connectivity index (χ2v) is 5.15. The Morgan fingerprint density at radius 2 is 2.36 bits per heavy atom. The van der Waals surface area contributed by atoms with Crippen LogP contribution in [0.5, 0.6) is 5.75 Å². The molecule has 1 aliphatic heterocycles. The molecule has 2 nitrogen and oxygen atoms in total. The predicted octanol–water partition coefficient (Wildman–Crippen LogP) is 2.70. The molecule has 76 valence electrons. The van der Waals surface area contributed by atoms with Crippen molar-refractivity contribution >= 4 is 27.7 Å². The number of benzene rings is 1. The maximum atomic E-state index is 6.07. The molecule has 0 saturated carbocycles. The molecule has 0 spiro atoms. The van der Waals surface area contributed by atoms with Gasteiger partial charge in [-0.05, 0) is 17.7 Å². The smallest absolute Gasteiger partial charge is 0.124 e. The molecule has 0 aromatic heterocycles. The van der Waals surface area contributed by atoms with Gasteiger partial charge in [-0.2, -0.15) is 11.8 Å². The van der Waals surface area contributed by atoms with Gasteiger partial charge in [0.1, 0.15) is 5.75 Å². The van der Waals surface area contributed by atoms with Crippen molar-refractivity contribution in [2.24, 2.45) is 5.73 Å². The lowest BCUT2D eigenvalue weighted by Crippen LogP contribution is -2.20. The van der Waals surface area contributed by atoms with E-state index in [0.717, 1.165) is 21.7 Å². The first-order valence-electron chi connectivity index (χ1n) is 4.42. The van der Waals surface area contributed by atoms with E-state index in [1.54, 1.807) is 7.11 Å². The molecule has 0 bridgehead atoms. The van der Waals surface area contributed by atoms with Gasteiger partial charge in [-0.3, -0.25) is 0 Å². The summed E-state index contributed by atoms with van der Waals surface area (Å²) in [5.74, 6) is 2.90. The summed E-state index contributed by atoms with van der Waals surface area (Å²) in [5, 5.41) is 0. The van der Waals surface area contributed by atoms with Gasteiger partial charge in [-0.1, -0.05) is 15.9 Å². The molecule has 1 aromatic carbocycles. The third-order valence-electron chi connectivity index (χ3n) is 2.39. The molecular formula is C10H12BrNOS. The molecule has 0 unspecified atom stereocenters. The molecule has 2 rings (SSSR count). The van der Waals surface area contributed by atoms with Gasteiger partial charge in [0, 0.05) is 27.6 Å². The van der Waals surface area contributed by atoms with E-state index in [1.807, 2.05) is 23.9 Å². The highest BCUT2D eigenvalue weighted by atomic mass is 79.9. The second kappa shape index (κ2) is 4.13. The highest BCUT2D eigenvalue weighted by molar-refractivity contribution is 9.10. The molecule has 1 heterocycles. The molecular weight excluding hydrogens is 262 g/mol. The largest absolute Gasteiger partial charge is 0.496 e. The van der Waals surface area contributed by atoms with Crippen LogP contribution in [0.4, 0.5) is 0 Å². The van der Waals surface area contributed by atoms with Gasteiger partial charge in [0.2, 0.25) is 0 Å². The summed E-state index contributed by atoms with van der Waals surface area (Å²) in [7, 11) is 1.69. The Labute approximate surface area is 96.3 Å². The standard InChI is InChI=1S/C10H12BrNOS/c1-13-9-3-2-7(11)6-4-14-5-8(12)10(6)9/h2-3,8H,4-5,12H2,1H3/t8-/m0/s1. The maximum absolute atomic E-state index is 6.07. The Balaban J connectivity index is 2.58. The molecule has 1 aliphatic rings. The molecule has 0 radical (unpaired) electrons. The van der Waals surface area contributed by atoms with Crippen molar-refractivity contribution in [1.29, 1.82) is 0 Å². The van der Waals surface area contributed by atoms with Gasteiger partial charge in [0.15, 0.2) is 0 Å². The normalized spacial score (nSPS) is 20.4. The summed E-state index contributed by atoms with van der Waals surface area (Å²) >= 11 is 5.42. The molecule has 4 heteroatoms. The monoisotopic (exact) mass is 273 g/mol. The van der Waals surface area contributed by atoms with Crippen LogP contribution in [-0.4, -0.2) is 12.9 Å². The van der Waals surface area contributed by atoms with Crippen molar-refractivity contribution in [2.45, 2.75) is 11.8 Å². The van der Waals surface area contributed by atoms with Gasteiger partial charge < -0.3 is 10.5 Å². The van der Waals surface area contributed by atoms with Crippen molar-refractivity contribution in [3.05, 3.63) is 27.7 Å². The van der Waals surface area contributed by atoms with E-state index in [1.165, 1.54) is 11.1 Å².